The van der Waals surface area contributed by atoms with E-state index in [1.54, 1.807) is 6.20 Å². The van der Waals surface area contributed by atoms with Crippen molar-refractivity contribution < 1.29 is 0 Å². The highest BCUT2D eigenvalue weighted by Gasteiger charge is 2.06. The molecule has 0 amide bonds. The van der Waals surface area contributed by atoms with E-state index in [9.17, 15) is 0 Å². The van der Waals surface area contributed by atoms with Gasteiger partial charge in [0.25, 0.3) is 0 Å². The van der Waals surface area contributed by atoms with Crippen molar-refractivity contribution in [2.45, 2.75) is 26.3 Å². The first kappa shape index (κ1) is 11.6. The molecule has 0 radical (unpaired) electrons. The van der Waals surface area contributed by atoms with Crippen LogP contribution in [-0.4, -0.2) is 9.97 Å². The fraction of sp³-hybridized carbons (Fsp3) is 0.286. The largest absolute Gasteiger partial charge is 0.348 e. The molecule has 17 heavy (non-hydrogen) atoms. The Hall–Kier alpha value is -1.90. The number of rotatable bonds is 4. The molecule has 1 unspecified atom stereocenters. The third-order valence-corrected chi connectivity index (χ3v) is 2.72. The number of nitrogens with zero attached hydrogens (tertiary/aromatic N) is 2. The summed E-state index contributed by atoms with van der Waals surface area (Å²) < 4.78 is 0. The first-order chi connectivity index (χ1) is 8.29. The summed E-state index contributed by atoms with van der Waals surface area (Å²) >= 11 is 0. The Labute approximate surface area is 102 Å². The summed E-state index contributed by atoms with van der Waals surface area (Å²) in [5, 5.41) is 3.31. The molecule has 1 aromatic heterocycles. The first-order valence-corrected chi connectivity index (χ1v) is 5.93. The van der Waals surface area contributed by atoms with Gasteiger partial charge in [0.05, 0.1) is 6.04 Å². The molecule has 0 aliphatic carbocycles. The number of anilines is 1. The molecule has 1 aromatic carbocycles. The van der Waals surface area contributed by atoms with Gasteiger partial charge in [0.1, 0.15) is 0 Å². The minimum absolute atomic E-state index is 0.211. The molecule has 1 N–H and O–H groups in total. The van der Waals surface area contributed by atoms with Gasteiger partial charge >= 0.3 is 0 Å². The van der Waals surface area contributed by atoms with Crippen molar-refractivity contribution in [1.82, 2.24) is 9.97 Å². The lowest BCUT2D eigenvalue weighted by Crippen LogP contribution is -2.09. The molecule has 3 nitrogen and oxygen atoms in total. The Bertz CT molecular complexity index is 468. The predicted octanol–water partition coefficient (Wildman–Crippen LogP) is 3.21. The Kier molecular flexibility index (Phi) is 3.70. The van der Waals surface area contributed by atoms with Gasteiger partial charge in [-0.15, -0.1) is 0 Å². The smallest absolute Gasteiger partial charge is 0.223 e. The number of hydrogen-bond donors (Lipinski definition) is 1. The van der Waals surface area contributed by atoms with Crippen LogP contribution in [0.1, 0.15) is 31.1 Å². The highest BCUT2D eigenvalue weighted by Crippen LogP contribution is 2.16. The van der Waals surface area contributed by atoms with E-state index in [0.717, 1.165) is 12.1 Å². The van der Waals surface area contributed by atoms with E-state index in [4.69, 9.17) is 0 Å². The van der Waals surface area contributed by atoms with Gasteiger partial charge in [0, 0.05) is 11.9 Å². The summed E-state index contributed by atoms with van der Waals surface area (Å²) in [5.74, 6) is 0.695. The zero-order valence-electron chi connectivity index (χ0n) is 10.2. The minimum atomic E-state index is 0.211. The molecule has 2 aromatic rings. The van der Waals surface area contributed by atoms with E-state index >= 15 is 0 Å². The summed E-state index contributed by atoms with van der Waals surface area (Å²) in [6.45, 7) is 4.20. The van der Waals surface area contributed by atoms with Gasteiger partial charge in [-0.1, -0.05) is 37.3 Å². The summed E-state index contributed by atoms with van der Waals surface area (Å²) in [6.07, 6.45) is 2.72. The lowest BCUT2D eigenvalue weighted by atomic mass is 10.1. The molecule has 88 valence electrons. The lowest BCUT2D eigenvalue weighted by molar-refractivity contribution is 0.852. The summed E-state index contributed by atoms with van der Waals surface area (Å²) in [6, 6.07) is 12.4. The molecule has 1 heterocycles. The molecule has 1 atom stereocenters. The molecule has 0 aliphatic heterocycles. The van der Waals surface area contributed by atoms with E-state index in [1.807, 2.05) is 24.3 Å². The molecule has 0 spiro atoms. The van der Waals surface area contributed by atoms with Crippen molar-refractivity contribution in [2.24, 2.45) is 0 Å². The van der Waals surface area contributed by atoms with E-state index in [-0.39, 0.29) is 6.04 Å². The number of aromatic nitrogens is 2. The normalized spacial score (nSPS) is 12.1. The van der Waals surface area contributed by atoms with Gasteiger partial charge < -0.3 is 5.32 Å². The average Bonchev–Trinajstić information content (AvgIpc) is 2.40. The molecule has 0 saturated carbocycles. The van der Waals surface area contributed by atoms with E-state index in [0.29, 0.717) is 5.95 Å². The van der Waals surface area contributed by atoms with E-state index < -0.39 is 0 Å². The minimum Gasteiger partial charge on any atom is -0.348 e. The van der Waals surface area contributed by atoms with Gasteiger partial charge in [-0.3, -0.25) is 0 Å². The molecule has 3 heteroatoms. The first-order valence-electron chi connectivity index (χ1n) is 5.93. The molecular weight excluding hydrogens is 210 g/mol. The molecule has 2 rings (SSSR count). The fourth-order valence-electron chi connectivity index (χ4n) is 1.68. The van der Waals surface area contributed by atoms with E-state index in [1.165, 1.54) is 5.56 Å². The highest BCUT2D eigenvalue weighted by molar-refractivity contribution is 5.31. The highest BCUT2D eigenvalue weighted by atomic mass is 15.1. The molecule has 0 aliphatic rings. The topological polar surface area (TPSA) is 37.8 Å². The average molecular weight is 227 g/mol. The number of hydrogen-bond acceptors (Lipinski definition) is 3. The van der Waals surface area contributed by atoms with Crippen molar-refractivity contribution in [3.05, 3.63) is 53.9 Å². The zero-order valence-corrected chi connectivity index (χ0v) is 10.2. The summed E-state index contributed by atoms with van der Waals surface area (Å²) in [5.41, 5.74) is 2.29. The number of aryl methyl sites for hydroxylation is 1. The van der Waals surface area contributed by atoms with Crippen LogP contribution in [0, 0.1) is 0 Å². The van der Waals surface area contributed by atoms with Crippen LogP contribution >= 0.6 is 0 Å². The monoisotopic (exact) mass is 227 g/mol. The molecular formula is C14H17N3. The Morgan fingerprint density at radius 2 is 1.94 bits per heavy atom. The number of benzene rings is 1. The van der Waals surface area contributed by atoms with Crippen molar-refractivity contribution >= 4 is 5.95 Å². The van der Waals surface area contributed by atoms with Crippen LogP contribution in [0.3, 0.4) is 0 Å². The second-order valence-corrected chi connectivity index (χ2v) is 4.00. The van der Waals surface area contributed by atoms with Gasteiger partial charge in [-0.25, -0.2) is 9.97 Å². The quantitative estimate of drug-likeness (QED) is 0.871. The molecule has 0 saturated heterocycles. The third kappa shape index (κ3) is 3.03. The maximum absolute atomic E-state index is 4.43. The van der Waals surface area contributed by atoms with Gasteiger partial charge in [0.2, 0.25) is 5.95 Å². The third-order valence-electron chi connectivity index (χ3n) is 2.72. The van der Waals surface area contributed by atoms with Crippen LogP contribution in [0.25, 0.3) is 0 Å². The van der Waals surface area contributed by atoms with Crippen LogP contribution in [0.15, 0.2) is 42.6 Å². The zero-order chi connectivity index (χ0) is 12.1. The van der Waals surface area contributed by atoms with Crippen molar-refractivity contribution in [3.8, 4) is 0 Å². The molecule has 0 bridgehead atoms. The van der Waals surface area contributed by atoms with Gasteiger partial charge in [0.15, 0.2) is 0 Å². The van der Waals surface area contributed by atoms with Crippen LogP contribution in [0.5, 0.6) is 0 Å². The fourth-order valence-corrected chi connectivity index (χ4v) is 1.68. The molecule has 0 fully saturated rings. The van der Waals surface area contributed by atoms with Gasteiger partial charge in [-0.2, -0.15) is 0 Å². The standard InChI is InChI=1S/C14H17N3/c1-3-13-9-10-15-14(17-13)16-11(2)12-7-5-4-6-8-12/h4-11H,3H2,1-2H3,(H,15,16,17). The lowest BCUT2D eigenvalue weighted by Gasteiger charge is -2.14. The summed E-state index contributed by atoms with van der Waals surface area (Å²) in [4.78, 5) is 8.67. The SMILES string of the molecule is CCc1ccnc(NC(C)c2ccccc2)n1. The van der Waals surface area contributed by atoms with E-state index in [2.05, 4.69) is 41.3 Å². The van der Waals surface area contributed by atoms with Gasteiger partial charge in [-0.05, 0) is 25.0 Å². The van der Waals surface area contributed by atoms with Crippen LogP contribution < -0.4 is 5.32 Å². The second-order valence-electron chi connectivity index (χ2n) is 4.00. The predicted molar refractivity (Wildman–Crippen MR) is 69.9 cm³/mol. The van der Waals surface area contributed by atoms with Crippen LogP contribution in [0.2, 0.25) is 0 Å². The van der Waals surface area contributed by atoms with Crippen molar-refractivity contribution in [3.63, 3.8) is 0 Å². The van der Waals surface area contributed by atoms with Crippen molar-refractivity contribution in [1.29, 1.82) is 0 Å². The van der Waals surface area contributed by atoms with Crippen LogP contribution in [-0.2, 0) is 6.42 Å². The van der Waals surface area contributed by atoms with Crippen molar-refractivity contribution in [2.75, 3.05) is 5.32 Å². The van der Waals surface area contributed by atoms with Crippen LogP contribution in [0.4, 0.5) is 5.95 Å². The Morgan fingerprint density at radius 3 is 2.65 bits per heavy atom. The Balaban J connectivity index is 2.10. The number of nitrogens with one attached hydrogen (secondary N) is 1. The maximum atomic E-state index is 4.43. The second kappa shape index (κ2) is 5.43. The summed E-state index contributed by atoms with van der Waals surface area (Å²) in [7, 11) is 0. The Morgan fingerprint density at radius 1 is 1.18 bits per heavy atom. The maximum Gasteiger partial charge on any atom is 0.223 e.